The standard InChI is InChI=1S/C13H11ClS/c14-13(11-7-3-1-4-8-11)15-12-9-5-2-6-10-12/h1-10,13H. The average molecular weight is 235 g/mol. The number of alkyl halides is 1. The van der Waals surface area contributed by atoms with E-state index in [9.17, 15) is 0 Å². The third-order valence-electron chi connectivity index (χ3n) is 2.04. The van der Waals surface area contributed by atoms with E-state index in [-0.39, 0.29) is 4.71 Å². The molecular formula is C13H11ClS. The first kappa shape index (κ1) is 10.6. The second-order valence-corrected chi connectivity index (χ2v) is 5.03. The van der Waals surface area contributed by atoms with Crippen LogP contribution in [0.5, 0.6) is 0 Å². The maximum Gasteiger partial charge on any atom is 0.108 e. The van der Waals surface area contributed by atoms with Crippen molar-refractivity contribution in [3.8, 4) is 0 Å². The van der Waals surface area contributed by atoms with Gasteiger partial charge in [0.05, 0.1) is 0 Å². The summed E-state index contributed by atoms with van der Waals surface area (Å²) in [6, 6.07) is 20.3. The van der Waals surface area contributed by atoms with Crippen LogP contribution in [0.4, 0.5) is 0 Å². The van der Waals surface area contributed by atoms with Gasteiger partial charge in [0.1, 0.15) is 4.71 Å². The van der Waals surface area contributed by atoms with Crippen LogP contribution < -0.4 is 0 Å². The third kappa shape index (κ3) is 3.01. The van der Waals surface area contributed by atoms with Gasteiger partial charge in [0.25, 0.3) is 0 Å². The molecule has 0 N–H and O–H groups in total. The van der Waals surface area contributed by atoms with Crippen molar-refractivity contribution >= 4 is 23.4 Å². The Balaban J connectivity index is 2.08. The van der Waals surface area contributed by atoms with Crippen LogP contribution in [0, 0.1) is 0 Å². The third-order valence-corrected chi connectivity index (χ3v) is 3.59. The zero-order valence-corrected chi connectivity index (χ0v) is 9.71. The Morgan fingerprint density at radius 2 is 1.33 bits per heavy atom. The molecule has 0 aromatic heterocycles. The molecule has 0 fully saturated rings. The molecule has 2 rings (SSSR count). The number of thioether (sulfide) groups is 1. The van der Waals surface area contributed by atoms with Crippen LogP contribution in [-0.4, -0.2) is 0 Å². The zero-order valence-electron chi connectivity index (χ0n) is 8.14. The Bertz CT molecular complexity index is 399. The SMILES string of the molecule is ClC(Sc1ccccc1)c1ccccc1. The van der Waals surface area contributed by atoms with E-state index in [1.807, 2.05) is 48.5 Å². The summed E-state index contributed by atoms with van der Waals surface area (Å²) in [5.74, 6) is 0. The molecule has 2 aromatic rings. The molecule has 0 radical (unpaired) electrons. The fraction of sp³-hybridized carbons (Fsp3) is 0.0769. The Morgan fingerprint density at radius 3 is 1.93 bits per heavy atom. The fourth-order valence-electron chi connectivity index (χ4n) is 1.29. The minimum Gasteiger partial charge on any atom is -0.105 e. The molecule has 0 saturated carbocycles. The van der Waals surface area contributed by atoms with Crippen molar-refractivity contribution in [2.24, 2.45) is 0 Å². The van der Waals surface area contributed by atoms with Crippen LogP contribution in [0.1, 0.15) is 10.3 Å². The van der Waals surface area contributed by atoms with Gasteiger partial charge >= 0.3 is 0 Å². The van der Waals surface area contributed by atoms with Gasteiger partial charge in [-0.25, -0.2) is 0 Å². The van der Waals surface area contributed by atoms with Gasteiger partial charge in [0, 0.05) is 4.90 Å². The summed E-state index contributed by atoms with van der Waals surface area (Å²) in [4.78, 5) is 1.20. The molecule has 0 bridgehead atoms. The maximum atomic E-state index is 6.30. The van der Waals surface area contributed by atoms with Crippen molar-refractivity contribution in [3.63, 3.8) is 0 Å². The monoisotopic (exact) mass is 234 g/mol. The first-order valence-electron chi connectivity index (χ1n) is 4.77. The largest absolute Gasteiger partial charge is 0.108 e. The minimum atomic E-state index is -0.0198. The molecule has 0 aliphatic heterocycles. The van der Waals surface area contributed by atoms with Gasteiger partial charge in [-0.1, -0.05) is 48.5 Å². The fourth-order valence-corrected chi connectivity index (χ4v) is 2.59. The molecule has 0 aliphatic rings. The summed E-state index contributed by atoms with van der Waals surface area (Å²) in [7, 11) is 0. The summed E-state index contributed by atoms with van der Waals surface area (Å²) in [5, 5.41) is 0. The van der Waals surface area contributed by atoms with Crippen molar-refractivity contribution in [1.29, 1.82) is 0 Å². The molecule has 0 saturated heterocycles. The van der Waals surface area contributed by atoms with E-state index < -0.39 is 0 Å². The first-order valence-corrected chi connectivity index (χ1v) is 6.08. The molecule has 1 atom stereocenters. The second-order valence-electron chi connectivity index (χ2n) is 3.16. The summed E-state index contributed by atoms with van der Waals surface area (Å²) in [6.07, 6.45) is 0. The first-order chi connectivity index (χ1) is 7.36. The minimum absolute atomic E-state index is 0.0198. The van der Waals surface area contributed by atoms with E-state index >= 15 is 0 Å². The molecule has 76 valence electrons. The summed E-state index contributed by atoms with van der Waals surface area (Å²) < 4.78 is -0.0198. The molecular weight excluding hydrogens is 224 g/mol. The van der Waals surface area contributed by atoms with Gasteiger partial charge in [0.15, 0.2) is 0 Å². The predicted molar refractivity (Wildman–Crippen MR) is 67.3 cm³/mol. The predicted octanol–water partition coefficient (Wildman–Crippen LogP) is 4.72. The lowest BCUT2D eigenvalue weighted by atomic mass is 10.2. The quantitative estimate of drug-likeness (QED) is 0.547. The number of halogens is 1. The number of hydrogen-bond acceptors (Lipinski definition) is 1. The highest BCUT2D eigenvalue weighted by molar-refractivity contribution is 8.00. The van der Waals surface area contributed by atoms with Crippen LogP contribution in [0.2, 0.25) is 0 Å². The Morgan fingerprint density at radius 1 is 0.800 bits per heavy atom. The summed E-state index contributed by atoms with van der Waals surface area (Å²) in [5.41, 5.74) is 1.15. The topological polar surface area (TPSA) is 0 Å². The lowest BCUT2D eigenvalue weighted by Gasteiger charge is -2.08. The highest BCUT2D eigenvalue weighted by Gasteiger charge is 2.07. The average Bonchev–Trinajstić information content (AvgIpc) is 2.31. The van der Waals surface area contributed by atoms with Gasteiger partial charge in [0.2, 0.25) is 0 Å². The van der Waals surface area contributed by atoms with Crippen LogP contribution in [0.25, 0.3) is 0 Å². The normalized spacial score (nSPS) is 12.3. The highest BCUT2D eigenvalue weighted by Crippen LogP contribution is 2.37. The highest BCUT2D eigenvalue weighted by atomic mass is 35.5. The van der Waals surface area contributed by atoms with Crippen molar-refractivity contribution in [2.45, 2.75) is 9.60 Å². The molecule has 0 aliphatic carbocycles. The van der Waals surface area contributed by atoms with Gasteiger partial charge in [-0.05, 0) is 17.7 Å². The summed E-state index contributed by atoms with van der Waals surface area (Å²) in [6.45, 7) is 0. The molecule has 15 heavy (non-hydrogen) atoms. The Kier molecular flexibility index (Phi) is 3.70. The number of hydrogen-bond donors (Lipinski definition) is 0. The molecule has 2 aromatic carbocycles. The van der Waals surface area contributed by atoms with E-state index in [0.717, 1.165) is 5.56 Å². The lowest BCUT2D eigenvalue weighted by Crippen LogP contribution is -1.83. The molecule has 1 unspecified atom stereocenters. The van der Waals surface area contributed by atoms with Crippen molar-refractivity contribution in [1.82, 2.24) is 0 Å². The molecule has 0 heterocycles. The van der Waals surface area contributed by atoms with E-state index in [1.165, 1.54) is 4.90 Å². The number of benzene rings is 2. The van der Waals surface area contributed by atoms with E-state index in [0.29, 0.717) is 0 Å². The smallest absolute Gasteiger partial charge is 0.105 e. The summed E-state index contributed by atoms with van der Waals surface area (Å²) >= 11 is 7.97. The van der Waals surface area contributed by atoms with E-state index in [4.69, 9.17) is 11.6 Å². The van der Waals surface area contributed by atoms with Gasteiger partial charge < -0.3 is 0 Å². The molecule has 2 heteroatoms. The molecule has 0 spiro atoms. The van der Waals surface area contributed by atoms with Crippen LogP contribution in [0.3, 0.4) is 0 Å². The Labute approximate surface area is 99.3 Å². The Hall–Kier alpha value is -0.920. The van der Waals surface area contributed by atoms with Crippen LogP contribution in [0.15, 0.2) is 65.6 Å². The van der Waals surface area contributed by atoms with Gasteiger partial charge in [-0.2, -0.15) is 0 Å². The lowest BCUT2D eigenvalue weighted by molar-refractivity contribution is 1.34. The van der Waals surface area contributed by atoms with E-state index in [2.05, 4.69) is 12.1 Å². The zero-order chi connectivity index (χ0) is 10.5. The van der Waals surface area contributed by atoms with Crippen molar-refractivity contribution < 1.29 is 0 Å². The van der Waals surface area contributed by atoms with Crippen LogP contribution >= 0.6 is 23.4 Å². The molecule has 0 amide bonds. The second kappa shape index (κ2) is 5.24. The van der Waals surface area contributed by atoms with Gasteiger partial charge in [-0.15, -0.1) is 23.4 Å². The van der Waals surface area contributed by atoms with E-state index in [1.54, 1.807) is 11.8 Å². The molecule has 0 nitrogen and oxygen atoms in total. The van der Waals surface area contributed by atoms with Gasteiger partial charge in [-0.3, -0.25) is 0 Å². The van der Waals surface area contributed by atoms with Crippen LogP contribution in [-0.2, 0) is 0 Å². The van der Waals surface area contributed by atoms with Crippen molar-refractivity contribution in [2.75, 3.05) is 0 Å². The van der Waals surface area contributed by atoms with Crippen molar-refractivity contribution in [3.05, 3.63) is 66.2 Å². The number of rotatable bonds is 3. The maximum absolute atomic E-state index is 6.30.